The second kappa shape index (κ2) is 10.9. The van der Waals surface area contributed by atoms with Gasteiger partial charge in [0.1, 0.15) is 6.04 Å². The topological polar surface area (TPSA) is 78.4 Å². The van der Waals surface area contributed by atoms with Gasteiger partial charge in [-0.1, -0.05) is 66.7 Å². The Morgan fingerprint density at radius 2 is 1.46 bits per heavy atom. The molecule has 0 spiro atoms. The number of carbonyl (C=O) groups excluding carboxylic acids is 2. The van der Waals surface area contributed by atoms with E-state index in [9.17, 15) is 27.9 Å². The lowest BCUT2D eigenvalue weighted by Crippen LogP contribution is -2.48. The Morgan fingerprint density at radius 1 is 0.821 bits per heavy atom. The molecule has 0 aliphatic carbocycles. The molecule has 5 aromatic rings. The van der Waals surface area contributed by atoms with Gasteiger partial charge in [-0.25, -0.2) is 0 Å². The largest absolute Gasteiger partial charge is 0.416 e. The molecule has 5 rings (SSSR count). The summed E-state index contributed by atoms with van der Waals surface area (Å²) in [4.78, 5) is 25.0. The summed E-state index contributed by atoms with van der Waals surface area (Å²) in [5, 5.41) is 21.9. The molecule has 0 saturated heterocycles. The van der Waals surface area contributed by atoms with Crippen LogP contribution in [0.3, 0.4) is 0 Å². The van der Waals surface area contributed by atoms with Gasteiger partial charge < -0.3 is 15.7 Å². The van der Waals surface area contributed by atoms with Gasteiger partial charge in [0, 0.05) is 13.0 Å². The number of aliphatic hydroxyl groups excluding tert-OH is 1. The highest BCUT2D eigenvalue weighted by molar-refractivity contribution is 6.23. The van der Waals surface area contributed by atoms with E-state index in [2.05, 4.69) is 65.2 Å². The van der Waals surface area contributed by atoms with Crippen LogP contribution in [0.2, 0.25) is 0 Å². The number of aryl methyl sites for hydroxylation is 1. The molecule has 0 aliphatic rings. The fourth-order valence-electron chi connectivity index (χ4n) is 5.04. The molecule has 8 heteroatoms. The van der Waals surface area contributed by atoms with Gasteiger partial charge in [0.15, 0.2) is 0 Å². The van der Waals surface area contributed by atoms with Crippen LogP contribution in [0, 0.1) is 0 Å². The maximum atomic E-state index is 12.7. The number of hydrogen-bond acceptors (Lipinski definition) is 3. The zero-order valence-electron chi connectivity index (χ0n) is 21.0. The molecule has 1 atom stereocenters. The van der Waals surface area contributed by atoms with Gasteiger partial charge in [-0.3, -0.25) is 9.59 Å². The summed E-state index contributed by atoms with van der Waals surface area (Å²) in [5.41, 5.74) is 0.828. The monoisotopic (exact) mass is 532 g/mol. The van der Waals surface area contributed by atoms with Crippen molar-refractivity contribution in [3.63, 3.8) is 0 Å². The van der Waals surface area contributed by atoms with E-state index in [-0.39, 0.29) is 18.9 Å². The quantitative estimate of drug-likeness (QED) is 0.213. The van der Waals surface area contributed by atoms with Crippen LogP contribution in [-0.2, 0) is 28.7 Å². The fourth-order valence-corrected chi connectivity index (χ4v) is 5.04. The molecule has 39 heavy (non-hydrogen) atoms. The third-order valence-electron chi connectivity index (χ3n) is 7.05. The van der Waals surface area contributed by atoms with E-state index in [4.69, 9.17) is 0 Å². The molecule has 2 amide bonds. The van der Waals surface area contributed by atoms with Crippen LogP contribution in [-0.4, -0.2) is 29.6 Å². The molecule has 0 aromatic heterocycles. The van der Waals surface area contributed by atoms with Gasteiger partial charge >= 0.3 is 6.18 Å². The molecule has 0 bridgehead atoms. The molecule has 5 aromatic carbocycles. The number of nitrogens with one attached hydrogen (secondary N) is 2. The Bertz CT molecular complexity index is 1610. The van der Waals surface area contributed by atoms with Crippen LogP contribution in [0.15, 0.2) is 78.9 Å². The van der Waals surface area contributed by atoms with Gasteiger partial charge in [-0.05, 0) is 68.4 Å². The third kappa shape index (κ3) is 5.66. The summed E-state index contributed by atoms with van der Waals surface area (Å²) in [5.74, 6) is -0.978. The van der Waals surface area contributed by atoms with E-state index < -0.39 is 30.3 Å². The maximum absolute atomic E-state index is 12.7. The van der Waals surface area contributed by atoms with Crippen molar-refractivity contribution in [2.75, 3.05) is 6.61 Å². The lowest BCUT2D eigenvalue weighted by molar-refractivity contribution is -0.137. The molecule has 0 heterocycles. The van der Waals surface area contributed by atoms with Crippen LogP contribution in [0.25, 0.3) is 32.3 Å². The van der Waals surface area contributed by atoms with E-state index in [1.807, 2.05) is 0 Å². The predicted octanol–water partition coefficient (Wildman–Crippen LogP) is 5.72. The van der Waals surface area contributed by atoms with Gasteiger partial charge in [-0.2, -0.15) is 13.2 Å². The Balaban J connectivity index is 1.16. The Hall–Kier alpha value is -4.17. The molecule has 0 saturated carbocycles. The van der Waals surface area contributed by atoms with Crippen LogP contribution >= 0.6 is 0 Å². The van der Waals surface area contributed by atoms with Crippen LogP contribution in [0.1, 0.15) is 29.5 Å². The number of benzene rings is 5. The van der Waals surface area contributed by atoms with E-state index in [0.717, 1.165) is 23.1 Å². The summed E-state index contributed by atoms with van der Waals surface area (Å²) in [6, 6.07) is 22.2. The summed E-state index contributed by atoms with van der Waals surface area (Å²) in [6.07, 6.45) is -3.04. The summed E-state index contributed by atoms with van der Waals surface area (Å²) in [6.45, 7) is -0.627. The second-order valence-electron chi connectivity index (χ2n) is 9.65. The van der Waals surface area contributed by atoms with Crippen molar-refractivity contribution in [2.24, 2.45) is 0 Å². The van der Waals surface area contributed by atoms with Crippen LogP contribution < -0.4 is 10.6 Å². The zero-order chi connectivity index (χ0) is 27.6. The molecule has 5 nitrogen and oxygen atoms in total. The van der Waals surface area contributed by atoms with Crippen molar-refractivity contribution in [3.05, 3.63) is 95.6 Å². The average molecular weight is 533 g/mol. The Kier molecular flexibility index (Phi) is 7.39. The first-order valence-corrected chi connectivity index (χ1v) is 12.7. The highest BCUT2D eigenvalue weighted by Gasteiger charge is 2.30. The summed E-state index contributed by atoms with van der Waals surface area (Å²) < 4.78 is 38.1. The molecule has 0 radical (unpaired) electrons. The van der Waals surface area contributed by atoms with Crippen molar-refractivity contribution in [3.8, 4) is 0 Å². The minimum atomic E-state index is -4.44. The lowest BCUT2D eigenvalue weighted by Gasteiger charge is -2.17. The molecule has 0 unspecified atom stereocenters. The number of halogens is 3. The molecule has 3 N–H and O–H groups in total. The lowest BCUT2D eigenvalue weighted by atomic mass is 9.90. The number of carbonyl (C=O) groups is 2. The van der Waals surface area contributed by atoms with E-state index in [0.29, 0.717) is 18.4 Å². The fraction of sp³-hybridized carbons (Fsp3) is 0.226. The molecule has 0 fully saturated rings. The van der Waals surface area contributed by atoms with Crippen molar-refractivity contribution in [1.29, 1.82) is 0 Å². The molecule has 200 valence electrons. The van der Waals surface area contributed by atoms with Crippen LogP contribution in [0.4, 0.5) is 13.2 Å². The smallest absolute Gasteiger partial charge is 0.394 e. The summed E-state index contributed by atoms with van der Waals surface area (Å²) >= 11 is 0. The highest BCUT2D eigenvalue weighted by atomic mass is 19.4. The first-order chi connectivity index (χ1) is 18.7. The van der Waals surface area contributed by atoms with Crippen molar-refractivity contribution in [2.45, 2.75) is 38.0 Å². The predicted molar refractivity (Wildman–Crippen MR) is 145 cm³/mol. The number of alkyl halides is 3. The minimum absolute atomic E-state index is 0.0298. The first-order valence-electron chi connectivity index (χ1n) is 12.7. The van der Waals surface area contributed by atoms with Crippen molar-refractivity contribution < 1.29 is 27.9 Å². The minimum Gasteiger partial charge on any atom is -0.394 e. The van der Waals surface area contributed by atoms with Crippen molar-refractivity contribution in [1.82, 2.24) is 10.6 Å². The summed E-state index contributed by atoms with van der Waals surface area (Å²) in [7, 11) is 0. The average Bonchev–Trinajstić information content (AvgIpc) is 2.93. The van der Waals surface area contributed by atoms with Gasteiger partial charge in [0.2, 0.25) is 11.8 Å². The van der Waals surface area contributed by atoms with Gasteiger partial charge in [-0.15, -0.1) is 0 Å². The Labute approximate surface area is 223 Å². The maximum Gasteiger partial charge on any atom is 0.416 e. The molecule has 0 aliphatic heterocycles. The third-order valence-corrected chi connectivity index (χ3v) is 7.05. The van der Waals surface area contributed by atoms with Gasteiger partial charge in [0.05, 0.1) is 12.2 Å². The molecular formula is C31H27F3N2O3. The first kappa shape index (κ1) is 26.4. The normalized spacial score (nSPS) is 12.7. The van der Waals surface area contributed by atoms with Crippen LogP contribution in [0.5, 0.6) is 0 Å². The second-order valence-corrected chi connectivity index (χ2v) is 9.65. The Morgan fingerprint density at radius 3 is 2.13 bits per heavy atom. The number of hydrogen-bond donors (Lipinski definition) is 3. The van der Waals surface area contributed by atoms with E-state index >= 15 is 0 Å². The number of rotatable bonds is 9. The highest BCUT2D eigenvalue weighted by Crippen LogP contribution is 2.36. The van der Waals surface area contributed by atoms with E-state index in [1.54, 1.807) is 0 Å². The van der Waals surface area contributed by atoms with E-state index in [1.165, 1.54) is 39.1 Å². The molecular weight excluding hydrogens is 505 g/mol. The number of aliphatic hydroxyl groups is 1. The number of amides is 2. The zero-order valence-corrected chi connectivity index (χ0v) is 21.0. The van der Waals surface area contributed by atoms with Crippen molar-refractivity contribution >= 4 is 44.1 Å². The van der Waals surface area contributed by atoms with Gasteiger partial charge in [0.25, 0.3) is 0 Å². The standard InChI is InChI=1S/C31H27F3N2O3/c32-31(33,34)24-14-7-19(8-15-24)17-35-30(39)26(18-37)36-27(38)6-2-3-20-9-10-23-12-11-21-4-1-5-22-13-16-25(20)29(23)28(21)22/h1,4-5,7-16,26,37H,2-3,6,17-18H2,(H,35,39)(H,36,38)/t26-/m0/s1. The SMILES string of the molecule is O=C(CCCc1ccc2ccc3cccc4ccc1c2c34)N[C@@H](CO)C(=O)NCc1ccc(C(F)(F)F)cc1.